The molecule has 28 heavy (non-hydrogen) atoms. The van der Waals surface area contributed by atoms with Crippen LogP contribution in [0, 0.1) is 18.8 Å². The summed E-state index contributed by atoms with van der Waals surface area (Å²) in [5.74, 6) is 2.94. The second-order valence-corrected chi connectivity index (χ2v) is 9.42. The van der Waals surface area contributed by atoms with E-state index in [-0.39, 0.29) is 0 Å². The Balaban J connectivity index is 1.17. The highest BCUT2D eigenvalue weighted by Gasteiger charge is 2.28. The maximum absolute atomic E-state index is 4.49. The number of hydrogen-bond donors (Lipinski definition) is 1. The van der Waals surface area contributed by atoms with Crippen LogP contribution in [0.1, 0.15) is 62.8 Å². The number of nitrogens with one attached hydrogen (secondary N) is 1. The van der Waals surface area contributed by atoms with Crippen LogP contribution in [-0.2, 0) is 13.0 Å². The summed E-state index contributed by atoms with van der Waals surface area (Å²) < 4.78 is 2.47. The van der Waals surface area contributed by atoms with Crippen LogP contribution < -0.4 is 5.32 Å². The first-order chi connectivity index (χ1) is 13.8. The molecule has 3 fully saturated rings. The minimum Gasteiger partial charge on any atom is -0.368 e. The van der Waals surface area contributed by atoms with E-state index < -0.39 is 0 Å². The van der Waals surface area contributed by atoms with Gasteiger partial charge in [-0.2, -0.15) is 5.10 Å². The number of anilines is 1. The summed E-state index contributed by atoms with van der Waals surface area (Å²) in [6, 6.07) is 2.35. The predicted molar refractivity (Wildman–Crippen MR) is 115 cm³/mol. The van der Waals surface area contributed by atoms with Crippen LogP contribution in [0.2, 0.25) is 0 Å². The lowest BCUT2D eigenvalue weighted by atomic mass is 9.84. The molecule has 0 spiro atoms. The van der Waals surface area contributed by atoms with Gasteiger partial charge in [-0.05, 0) is 89.2 Å². The molecule has 1 saturated carbocycles. The van der Waals surface area contributed by atoms with Gasteiger partial charge in [0.15, 0.2) is 5.82 Å². The molecule has 1 N–H and O–H groups in total. The standard InChI is InChI=1S/C23H35N5/c1-17-22-21(14-20-6-2-4-13-28(20)22)23(26-25-17)24-11-3-5-12-27-15-18-7-8-19(16-27)10-9-18/h14,18-19H,2-13,15-16H2,1H3,(H,24,26). The Morgan fingerprint density at radius 2 is 1.82 bits per heavy atom. The first-order valence-corrected chi connectivity index (χ1v) is 11.6. The van der Waals surface area contributed by atoms with Crippen molar-refractivity contribution in [2.75, 3.05) is 31.5 Å². The Morgan fingerprint density at radius 3 is 2.61 bits per heavy atom. The van der Waals surface area contributed by atoms with Crippen LogP contribution in [-0.4, -0.2) is 45.8 Å². The van der Waals surface area contributed by atoms with Gasteiger partial charge in [-0.25, -0.2) is 0 Å². The molecule has 2 bridgehead atoms. The van der Waals surface area contributed by atoms with E-state index in [1.807, 2.05) is 0 Å². The molecule has 5 heterocycles. The van der Waals surface area contributed by atoms with Crippen LogP contribution in [0.5, 0.6) is 0 Å². The molecule has 0 radical (unpaired) electrons. The number of unbranched alkanes of at least 4 members (excludes halogenated alkanes) is 1. The highest BCUT2D eigenvalue weighted by Crippen LogP contribution is 2.34. The molecule has 0 atom stereocenters. The van der Waals surface area contributed by atoms with Gasteiger partial charge in [0.25, 0.3) is 0 Å². The van der Waals surface area contributed by atoms with Crippen molar-refractivity contribution < 1.29 is 0 Å². The van der Waals surface area contributed by atoms with Gasteiger partial charge in [0, 0.05) is 37.3 Å². The molecule has 0 amide bonds. The predicted octanol–water partition coefficient (Wildman–Crippen LogP) is 4.39. The normalized spacial score (nSPS) is 25.0. The smallest absolute Gasteiger partial charge is 0.158 e. The van der Waals surface area contributed by atoms with Crippen molar-refractivity contribution in [3.8, 4) is 0 Å². The lowest BCUT2D eigenvalue weighted by Gasteiger charge is -2.22. The Morgan fingerprint density at radius 1 is 1.04 bits per heavy atom. The van der Waals surface area contributed by atoms with Crippen molar-refractivity contribution in [3.05, 3.63) is 17.5 Å². The molecule has 1 aliphatic carbocycles. The summed E-state index contributed by atoms with van der Waals surface area (Å²) in [5, 5.41) is 13.8. The van der Waals surface area contributed by atoms with Gasteiger partial charge in [0.05, 0.1) is 11.2 Å². The third-order valence-electron chi connectivity index (χ3n) is 7.34. The fourth-order valence-electron chi connectivity index (χ4n) is 5.82. The third-order valence-corrected chi connectivity index (χ3v) is 7.34. The lowest BCUT2D eigenvalue weighted by molar-refractivity contribution is 0.248. The Kier molecular flexibility index (Phi) is 5.27. The van der Waals surface area contributed by atoms with Gasteiger partial charge in [0.2, 0.25) is 0 Å². The second-order valence-electron chi connectivity index (χ2n) is 9.42. The molecule has 5 nitrogen and oxygen atoms in total. The second kappa shape index (κ2) is 8.02. The monoisotopic (exact) mass is 381 g/mol. The zero-order valence-electron chi connectivity index (χ0n) is 17.4. The van der Waals surface area contributed by atoms with E-state index in [1.165, 1.54) is 94.0 Å². The fourth-order valence-corrected chi connectivity index (χ4v) is 5.82. The lowest BCUT2D eigenvalue weighted by Crippen LogP contribution is -2.29. The minimum absolute atomic E-state index is 0.980. The summed E-state index contributed by atoms with van der Waals surface area (Å²) in [6.07, 6.45) is 12.2. The summed E-state index contributed by atoms with van der Waals surface area (Å²) >= 11 is 0. The number of fused-ring (bicyclic) bond motifs is 7. The Hall–Kier alpha value is -1.62. The van der Waals surface area contributed by atoms with Gasteiger partial charge < -0.3 is 14.8 Å². The fraction of sp³-hybridized carbons (Fsp3) is 0.739. The molecule has 3 aliphatic heterocycles. The molecule has 5 heteroatoms. The van der Waals surface area contributed by atoms with Crippen LogP contribution >= 0.6 is 0 Å². The average molecular weight is 382 g/mol. The average Bonchev–Trinajstić information content (AvgIpc) is 2.86. The molecular weight excluding hydrogens is 346 g/mol. The summed E-state index contributed by atoms with van der Waals surface area (Å²) in [6.45, 7) is 8.19. The van der Waals surface area contributed by atoms with Crippen molar-refractivity contribution in [2.45, 2.75) is 71.3 Å². The number of nitrogens with zero attached hydrogens (tertiary/aromatic N) is 4. The Bertz CT molecular complexity index is 804. The van der Waals surface area contributed by atoms with Crippen molar-refractivity contribution in [1.29, 1.82) is 0 Å². The van der Waals surface area contributed by atoms with E-state index in [0.29, 0.717) is 0 Å². The van der Waals surface area contributed by atoms with E-state index in [2.05, 4.69) is 38.0 Å². The molecule has 6 rings (SSSR count). The van der Waals surface area contributed by atoms with Gasteiger partial charge >= 0.3 is 0 Å². The van der Waals surface area contributed by atoms with Crippen LogP contribution in [0.15, 0.2) is 6.07 Å². The first kappa shape index (κ1) is 18.4. The largest absolute Gasteiger partial charge is 0.368 e. The maximum atomic E-state index is 4.49. The van der Waals surface area contributed by atoms with E-state index in [0.717, 1.165) is 36.4 Å². The molecule has 2 aromatic rings. The number of aromatic nitrogens is 3. The molecule has 2 aromatic heterocycles. The number of hydrogen-bond acceptors (Lipinski definition) is 4. The van der Waals surface area contributed by atoms with Crippen LogP contribution in [0.3, 0.4) is 0 Å². The summed E-state index contributed by atoms with van der Waals surface area (Å²) in [4.78, 5) is 2.75. The molecule has 0 unspecified atom stereocenters. The highest BCUT2D eigenvalue weighted by molar-refractivity contribution is 5.92. The minimum atomic E-state index is 0.980. The van der Waals surface area contributed by atoms with Crippen molar-refractivity contribution in [1.82, 2.24) is 19.7 Å². The van der Waals surface area contributed by atoms with Crippen LogP contribution in [0.4, 0.5) is 5.82 Å². The van der Waals surface area contributed by atoms with Crippen molar-refractivity contribution >= 4 is 16.7 Å². The quantitative estimate of drug-likeness (QED) is 0.754. The summed E-state index contributed by atoms with van der Waals surface area (Å²) in [7, 11) is 0. The van der Waals surface area contributed by atoms with Gasteiger partial charge in [-0.15, -0.1) is 5.10 Å². The van der Waals surface area contributed by atoms with Crippen molar-refractivity contribution in [2.24, 2.45) is 11.8 Å². The van der Waals surface area contributed by atoms with E-state index >= 15 is 0 Å². The first-order valence-electron chi connectivity index (χ1n) is 11.6. The molecule has 152 valence electrons. The molecule has 2 saturated heterocycles. The number of aryl methyl sites for hydroxylation is 3. The van der Waals surface area contributed by atoms with Gasteiger partial charge in [-0.1, -0.05) is 0 Å². The van der Waals surface area contributed by atoms with Gasteiger partial charge in [-0.3, -0.25) is 0 Å². The van der Waals surface area contributed by atoms with E-state index in [1.54, 1.807) is 0 Å². The molecular formula is C23H35N5. The molecule has 0 aromatic carbocycles. The maximum Gasteiger partial charge on any atom is 0.158 e. The topological polar surface area (TPSA) is 46.0 Å². The van der Waals surface area contributed by atoms with Gasteiger partial charge in [0.1, 0.15) is 0 Å². The SMILES string of the molecule is Cc1nnc(NCCCCN2CC3CCC(CC3)C2)c2cc3n(c12)CCCC3. The summed E-state index contributed by atoms with van der Waals surface area (Å²) in [5.41, 5.74) is 3.81. The van der Waals surface area contributed by atoms with Crippen molar-refractivity contribution in [3.63, 3.8) is 0 Å². The third kappa shape index (κ3) is 3.66. The Labute approximate surface area is 168 Å². The molecule has 4 aliphatic rings. The highest BCUT2D eigenvalue weighted by atomic mass is 15.2. The van der Waals surface area contributed by atoms with Crippen LogP contribution in [0.25, 0.3) is 10.9 Å². The van der Waals surface area contributed by atoms with E-state index in [9.17, 15) is 0 Å². The van der Waals surface area contributed by atoms with E-state index in [4.69, 9.17) is 0 Å². The zero-order valence-corrected chi connectivity index (χ0v) is 17.4. The zero-order chi connectivity index (χ0) is 18.9. The number of rotatable bonds is 6.